The molecule has 0 spiro atoms. The fraction of sp³-hybridized carbons (Fsp3) is 0.250. The van der Waals surface area contributed by atoms with E-state index in [0.717, 1.165) is 27.1 Å². The minimum Gasteiger partial charge on any atom is -0.322 e. The third kappa shape index (κ3) is 4.13. The molecule has 1 atom stereocenters. The maximum atomic E-state index is 6.62. The summed E-state index contributed by atoms with van der Waals surface area (Å²) in [5, 5.41) is 5.98. The molecule has 0 aliphatic carbocycles. The standard InChI is InChI=1S/C20H21Cl2N3/c1-20(2,25-12-13-4-3-5-14(21)10-13)19(23)17-8-9-24-18-11-15(22)6-7-16(17)18/h3-11,19,25H,12,23H2,1-2H3. The van der Waals surface area contributed by atoms with Gasteiger partial charge in [0.15, 0.2) is 0 Å². The van der Waals surface area contributed by atoms with Crippen molar-refractivity contribution in [2.24, 2.45) is 5.73 Å². The van der Waals surface area contributed by atoms with Crippen LogP contribution in [0.4, 0.5) is 0 Å². The van der Waals surface area contributed by atoms with E-state index in [1.807, 2.05) is 48.5 Å². The fourth-order valence-corrected chi connectivity index (χ4v) is 3.27. The Morgan fingerprint density at radius 2 is 1.84 bits per heavy atom. The number of benzene rings is 2. The fourth-order valence-electron chi connectivity index (χ4n) is 2.89. The van der Waals surface area contributed by atoms with Crippen LogP contribution >= 0.6 is 23.2 Å². The third-order valence-corrected chi connectivity index (χ3v) is 4.96. The van der Waals surface area contributed by atoms with Crippen molar-refractivity contribution < 1.29 is 0 Å². The molecular formula is C20H21Cl2N3. The van der Waals surface area contributed by atoms with Gasteiger partial charge in [-0.15, -0.1) is 0 Å². The second-order valence-electron chi connectivity index (χ2n) is 6.74. The van der Waals surface area contributed by atoms with Crippen LogP contribution in [0.25, 0.3) is 10.9 Å². The average Bonchev–Trinajstić information content (AvgIpc) is 2.58. The number of rotatable bonds is 5. The first-order valence-electron chi connectivity index (χ1n) is 8.16. The van der Waals surface area contributed by atoms with Crippen molar-refractivity contribution >= 4 is 34.1 Å². The largest absolute Gasteiger partial charge is 0.322 e. The summed E-state index contributed by atoms with van der Waals surface area (Å²) in [5.74, 6) is 0. The van der Waals surface area contributed by atoms with Crippen molar-refractivity contribution in [2.75, 3.05) is 0 Å². The highest BCUT2D eigenvalue weighted by Crippen LogP contribution is 2.30. The van der Waals surface area contributed by atoms with Gasteiger partial charge in [-0.25, -0.2) is 0 Å². The summed E-state index contributed by atoms with van der Waals surface area (Å²) in [6.07, 6.45) is 1.78. The predicted molar refractivity (Wildman–Crippen MR) is 106 cm³/mol. The van der Waals surface area contributed by atoms with E-state index in [-0.39, 0.29) is 11.6 Å². The Kier molecular flexibility index (Phi) is 5.30. The van der Waals surface area contributed by atoms with Crippen molar-refractivity contribution in [1.82, 2.24) is 10.3 Å². The Balaban J connectivity index is 1.84. The Morgan fingerprint density at radius 3 is 2.60 bits per heavy atom. The van der Waals surface area contributed by atoms with Crippen LogP contribution in [0.1, 0.15) is 31.0 Å². The summed E-state index contributed by atoms with van der Waals surface area (Å²) in [4.78, 5) is 4.40. The average molecular weight is 374 g/mol. The van der Waals surface area contributed by atoms with Gasteiger partial charge in [-0.05, 0) is 55.3 Å². The maximum Gasteiger partial charge on any atom is 0.0720 e. The number of hydrogen-bond acceptors (Lipinski definition) is 3. The number of pyridine rings is 1. The highest BCUT2D eigenvalue weighted by atomic mass is 35.5. The molecule has 0 bridgehead atoms. The molecule has 0 amide bonds. The molecule has 3 nitrogen and oxygen atoms in total. The van der Waals surface area contributed by atoms with E-state index < -0.39 is 0 Å². The number of nitrogens with one attached hydrogen (secondary N) is 1. The molecule has 1 heterocycles. The summed E-state index contributed by atoms with van der Waals surface area (Å²) < 4.78 is 0. The molecule has 0 saturated carbocycles. The van der Waals surface area contributed by atoms with Gasteiger partial charge < -0.3 is 11.1 Å². The highest BCUT2D eigenvalue weighted by molar-refractivity contribution is 6.31. The van der Waals surface area contributed by atoms with Gasteiger partial charge in [-0.3, -0.25) is 4.98 Å². The van der Waals surface area contributed by atoms with Crippen LogP contribution < -0.4 is 11.1 Å². The van der Waals surface area contributed by atoms with E-state index in [0.29, 0.717) is 11.6 Å². The minimum absolute atomic E-state index is 0.210. The van der Waals surface area contributed by atoms with Gasteiger partial charge in [0.1, 0.15) is 0 Å². The number of hydrogen-bond donors (Lipinski definition) is 2. The van der Waals surface area contributed by atoms with Gasteiger partial charge in [0.2, 0.25) is 0 Å². The molecule has 25 heavy (non-hydrogen) atoms. The van der Waals surface area contributed by atoms with Crippen molar-refractivity contribution in [1.29, 1.82) is 0 Å². The second kappa shape index (κ2) is 7.30. The molecule has 0 aliphatic heterocycles. The first kappa shape index (κ1) is 18.2. The molecule has 3 rings (SSSR count). The first-order chi connectivity index (χ1) is 11.9. The lowest BCUT2D eigenvalue weighted by molar-refractivity contribution is 0.322. The molecule has 0 radical (unpaired) electrons. The zero-order valence-corrected chi connectivity index (χ0v) is 15.8. The molecule has 5 heteroatoms. The van der Waals surface area contributed by atoms with E-state index in [1.54, 1.807) is 6.20 Å². The molecule has 3 N–H and O–H groups in total. The number of nitrogens with zero attached hydrogens (tertiary/aromatic N) is 1. The smallest absolute Gasteiger partial charge is 0.0720 e. The number of nitrogens with two attached hydrogens (primary N) is 1. The number of halogens is 2. The molecule has 0 aliphatic rings. The lowest BCUT2D eigenvalue weighted by atomic mass is 9.87. The first-order valence-corrected chi connectivity index (χ1v) is 8.91. The number of aromatic nitrogens is 1. The van der Waals surface area contributed by atoms with Crippen LogP contribution in [0.15, 0.2) is 54.7 Å². The second-order valence-corrected chi connectivity index (χ2v) is 7.62. The molecule has 0 saturated heterocycles. The predicted octanol–water partition coefficient (Wildman–Crippen LogP) is 5.11. The van der Waals surface area contributed by atoms with Gasteiger partial charge in [0.05, 0.1) is 5.52 Å². The Hall–Kier alpha value is -1.65. The van der Waals surface area contributed by atoms with Crippen molar-refractivity contribution in [3.05, 3.63) is 75.9 Å². The molecule has 0 fully saturated rings. The van der Waals surface area contributed by atoms with E-state index >= 15 is 0 Å². The Morgan fingerprint density at radius 1 is 1.08 bits per heavy atom. The number of fused-ring (bicyclic) bond motifs is 1. The van der Waals surface area contributed by atoms with Crippen LogP contribution in [0.2, 0.25) is 10.0 Å². The monoisotopic (exact) mass is 373 g/mol. The van der Waals surface area contributed by atoms with E-state index in [4.69, 9.17) is 28.9 Å². The van der Waals surface area contributed by atoms with Gasteiger partial charge in [-0.2, -0.15) is 0 Å². The van der Waals surface area contributed by atoms with Gasteiger partial charge in [-0.1, -0.05) is 41.4 Å². The maximum absolute atomic E-state index is 6.62. The summed E-state index contributed by atoms with van der Waals surface area (Å²) >= 11 is 12.1. The molecule has 1 unspecified atom stereocenters. The van der Waals surface area contributed by atoms with Crippen LogP contribution in [-0.2, 0) is 6.54 Å². The van der Waals surface area contributed by atoms with E-state index in [2.05, 4.69) is 24.1 Å². The summed E-state index contributed by atoms with van der Waals surface area (Å²) in [6.45, 7) is 4.89. The third-order valence-electron chi connectivity index (χ3n) is 4.49. The minimum atomic E-state index is -0.323. The van der Waals surface area contributed by atoms with Crippen LogP contribution in [0, 0.1) is 0 Å². The van der Waals surface area contributed by atoms with Crippen LogP contribution in [-0.4, -0.2) is 10.5 Å². The van der Waals surface area contributed by atoms with Crippen LogP contribution in [0.5, 0.6) is 0 Å². The SMILES string of the molecule is CC(C)(NCc1cccc(Cl)c1)C(N)c1ccnc2cc(Cl)ccc12. The van der Waals surface area contributed by atoms with E-state index in [1.165, 1.54) is 0 Å². The molecular weight excluding hydrogens is 353 g/mol. The highest BCUT2D eigenvalue weighted by Gasteiger charge is 2.28. The molecule has 3 aromatic rings. The van der Waals surface area contributed by atoms with Crippen molar-refractivity contribution in [2.45, 2.75) is 32.0 Å². The zero-order chi connectivity index (χ0) is 18.0. The van der Waals surface area contributed by atoms with Crippen molar-refractivity contribution in [3.8, 4) is 0 Å². The zero-order valence-electron chi connectivity index (χ0n) is 14.3. The molecule has 130 valence electrons. The lowest BCUT2D eigenvalue weighted by Gasteiger charge is -2.34. The van der Waals surface area contributed by atoms with E-state index in [9.17, 15) is 0 Å². The Bertz CT molecular complexity index is 893. The quantitative estimate of drug-likeness (QED) is 0.653. The Labute approximate surface area is 158 Å². The van der Waals surface area contributed by atoms with Crippen LogP contribution in [0.3, 0.4) is 0 Å². The summed E-state index contributed by atoms with van der Waals surface area (Å²) in [5.41, 5.74) is 9.32. The van der Waals surface area contributed by atoms with Crippen molar-refractivity contribution in [3.63, 3.8) is 0 Å². The topological polar surface area (TPSA) is 50.9 Å². The van der Waals surface area contributed by atoms with Gasteiger partial charge in [0.25, 0.3) is 0 Å². The molecule has 1 aromatic heterocycles. The lowest BCUT2D eigenvalue weighted by Crippen LogP contribution is -2.48. The summed E-state index contributed by atoms with van der Waals surface area (Å²) in [7, 11) is 0. The van der Waals surface area contributed by atoms with Gasteiger partial charge >= 0.3 is 0 Å². The summed E-state index contributed by atoms with van der Waals surface area (Å²) in [6, 6.07) is 15.3. The van der Waals surface area contributed by atoms with Gasteiger partial charge in [0, 0.05) is 39.8 Å². The normalized spacial score (nSPS) is 13.2. The molecule has 2 aromatic carbocycles.